The SMILES string of the molecule is CC.CON(C)C(=O)c1cc(C(F)(F)F)nc2c(C(F)(F)F)cccc12. The molecule has 26 heavy (non-hydrogen) atoms. The van der Waals surface area contributed by atoms with Crippen LogP contribution in [0, 0.1) is 0 Å². The maximum absolute atomic E-state index is 13.1. The van der Waals surface area contributed by atoms with Crippen LogP contribution in [0.15, 0.2) is 24.3 Å². The van der Waals surface area contributed by atoms with E-state index in [2.05, 4.69) is 9.82 Å². The maximum atomic E-state index is 13.1. The molecular weight excluding hydrogens is 366 g/mol. The van der Waals surface area contributed by atoms with Crippen LogP contribution in [-0.2, 0) is 17.2 Å². The summed E-state index contributed by atoms with van der Waals surface area (Å²) in [7, 11) is 2.21. The Bertz CT molecular complexity index is 787. The number of pyridine rings is 1. The number of hydrogen-bond donors (Lipinski definition) is 0. The molecule has 0 bridgehead atoms. The number of para-hydroxylation sites is 1. The molecule has 0 saturated carbocycles. The maximum Gasteiger partial charge on any atom is 0.433 e. The van der Waals surface area contributed by atoms with E-state index in [1.165, 1.54) is 0 Å². The second-order valence-electron chi connectivity index (χ2n) is 4.74. The van der Waals surface area contributed by atoms with Gasteiger partial charge in [-0.2, -0.15) is 26.3 Å². The highest BCUT2D eigenvalue weighted by Crippen LogP contribution is 2.37. The van der Waals surface area contributed by atoms with Gasteiger partial charge in [-0.25, -0.2) is 10.0 Å². The Labute approximate surface area is 145 Å². The molecule has 1 aromatic carbocycles. The summed E-state index contributed by atoms with van der Waals surface area (Å²) in [6.45, 7) is 4.00. The van der Waals surface area contributed by atoms with Crippen LogP contribution in [0.2, 0.25) is 0 Å². The van der Waals surface area contributed by atoms with E-state index in [0.717, 1.165) is 26.3 Å². The predicted octanol–water partition coefficient (Wildman–Crippen LogP) is 4.93. The van der Waals surface area contributed by atoms with E-state index in [0.29, 0.717) is 17.2 Å². The molecule has 4 nitrogen and oxygen atoms in total. The van der Waals surface area contributed by atoms with Crippen LogP contribution in [0.4, 0.5) is 26.3 Å². The normalized spacial score (nSPS) is 11.8. The van der Waals surface area contributed by atoms with E-state index in [1.807, 2.05) is 13.8 Å². The fraction of sp³-hybridized carbons (Fsp3) is 0.375. The molecule has 0 aliphatic rings. The minimum atomic E-state index is -5.02. The molecular formula is C16H16F6N2O2. The smallest absolute Gasteiger partial charge is 0.274 e. The molecule has 1 amide bonds. The number of alkyl halides is 6. The lowest BCUT2D eigenvalue weighted by Crippen LogP contribution is -2.26. The van der Waals surface area contributed by atoms with Gasteiger partial charge in [-0.15, -0.1) is 0 Å². The van der Waals surface area contributed by atoms with E-state index in [4.69, 9.17) is 0 Å². The summed E-state index contributed by atoms with van der Waals surface area (Å²) in [5, 5.41) is 0.251. The molecule has 0 atom stereocenters. The molecule has 0 saturated heterocycles. The number of aromatic nitrogens is 1. The number of hydroxylamine groups is 2. The number of carbonyl (C=O) groups excluding carboxylic acids is 1. The molecule has 10 heteroatoms. The van der Waals surface area contributed by atoms with Crippen LogP contribution in [0.5, 0.6) is 0 Å². The van der Waals surface area contributed by atoms with E-state index >= 15 is 0 Å². The standard InChI is InChI=1S/C14H10F6N2O2.C2H6/c1-22(24-2)12(23)8-6-10(14(18,19)20)21-11-7(8)4-3-5-9(11)13(15,16)17;1-2/h3-6H,1-2H3;1-2H3. The van der Waals surface area contributed by atoms with E-state index in [1.54, 1.807) is 0 Å². The molecule has 0 N–H and O–H groups in total. The van der Waals surface area contributed by atoms with Gasteiger partial charge in [0, 0.05) is 12.4 Å². The van der Waals surface area contributed by atoms with Gasteiger partial charge in [-0.1, -0.05) is 26.0 Å². The van der Waals surface area contributed by atoms with Gasteiger partial charge in [0.2, 0.25) is 0 Å². The molecule has 1 aromatic heterocycles. The fourth-order valence-corrected chi connectivity index (χ4v) is 2.05. The second-order valence-corrected chi connectivity index (χ2v) is 4.74. The topological polar surface area (TPSA) is 42.4 Å². The highest BCUT2D eigenvalue weighted by Gasteiger charge is 2.38. The quantitative estimate of drug-likeness (QED) is 0.546. The van der Waals surface area contributed by atoms with Crippen molar-refractivity contribution in [2.45, 2.75) is 26.2 Å². The fourth-order valence-electron chi connectivity index (χ4n) is 2.05. The average Bonchev–Trinajstić information content (AvgIpc) is 2.58. The summed E-state index contributed by atoms with van der Waals surface area (Å²) in [6, 6.07) is 3.09. The van der Waals surface area contributed by atoms with Crippen LogP contribution in [-0.4, -0.2) is 30.1 Å². The van der Waals surface area contributed by atoms with Gasteiger partial charge >= 0.3 is 12.4 Å². The van der Waals surface area contributed by atoms with Crippen molar-refractivity contribution in [1.29, 1.82) is 0 Å². The largest absolute Gasteiger partial charge is 0.433 e. The Balaban J connectivity index is 0.00000163. The monoisotopic (exact) mass is 382 g/mol. The lowest BCUT2D eigenvalue weighted by atomic mass is 10.0. The lowest BCUT2D eigenvalue weighted by Gasteiger charge is -2.18. The van der Waals surface area contributed by atoms with Crippen molar-refractivity contribution in [3.63, 3.8) is 0 Å². The van der Waals surface area contributed by atoms with Crippen molar-refractivity contribution in [3.8, 4) is 0 Å². The first-order chi connectivity index (χ1) is 12.0. The van der Waals surface area contributed by atoms with Gasteiger partial charge in [0.25, 0.3) is 5.91 Å². The number of benzene rings is 1. The zero-order valence-electron chi connectivity index (χ0n) is 14.3. The van der Waals surface area contributed by atoms with Crippen molar-refractivity contribution in [2.24, 2.45) is 0 Å². The van der Waals surface area contributed by atoms with Crippen molar-refractivity contribution in [1.82, 2.24) is 10.0 Å². The first-order valence-electron chi connectivity index (χ1n) is 7.37. The molecule has 0 aliphatic heterocycles. The molecule has 0 spiro atoms. The summed E-state index contributed by atoms with van der Waals surface area (Å²) >= 11 is 0. The predicted molar refractivity (Wildman–Crippen MR) is 82.2 cm³/mol. The Hall–Kier alpha value is -2.36. The van der Waals surface area contributed by atoms with Crippen molar-refractivity contribution >= 4 is 16.8 Å². The molecule has 0 unspecified atom stereocenters. The minimum Gasteiger partial charge on any atom is -0.274 e. The van der Waals surface area contributed by atoms with Gasteiger partial charge in [0.05, 0.1) is 23.8 Å². The first kappa shape index (κ1) is 21.7. The summed E-state index contributed by atoms with van der Waals surface area (Å²) in [4.78, 5) is 19.8. The zero-order valence-corrected chi connectivity index (χ0v) is 14.3. The Morgan fingerprint density at radius 3 is 2.12 bits per heavy atom. The van der Waals surface area contributed by atoms with E-state index in [9.17, 15) is 31.1 Å². The number of amides is 1. The molecule has 2 aromatic rings. The number of nitrogens with zero attached hydrogens (tertiary/aromatic N) is 2. The van der Waals surface area contributed by atoms with Crippen molar-refractivity contribution in [3.05, 3.63) is 41.1 Å². The van der Waals surface area contributed by atoms with E-state index in [-0.39, 0.29) is 5.39 Å². The van der Waals surface area contributed by atoms with Crippen LogP contribution in [0.3, 0.4) is 0 Å². The van der Waals surface area contributed by atoms with Crippen molar-refractivity contribution < 1.29 is 36.0 Å². The van der Waals surface area contributed by atoms with Crippen LogP contribution in [0.25, 0.3) is 10.9 Å². The van der Waals surface area contributed by atoms with Gasteiger partial charge in [0.1, 0.15) is 5.69 Å². The summed E-state index contributed by atoms with van der Waals surface area (Å²) in [5.74, 6) is -1.03. The van der Waals surface area contributed by atoms with Gasteiger partial charge in [-0.05, 0) is 12.1 Å². The molecule has 1 heterocycles. The third kappa shape index (κ3) is 4.43. The van der Waals surface area contributed by atoms with Crippen LogP contribution < -0.4 is 0 Å². The Morgan fingerprint density at radius 2 is 1.65 bits per heavy atom. The number of halogens is 6. The number of hydrogen-bond acceptors (Lipinski definition) is 3. The highest BCUT2D eigenvalue weighted by atomic mass is 19.4. The van der Waals surface area contributed by atoms with Gasteiger partial charge in [0.15, 0.2) is 0 Å². The molecule has 2 rings (SSSR count). The first-order valence-corrected chi connectivity index (χ1v) is 7.37. The second kappa shape index (κ2) is 7.90. The third-order valence-corrected chi connectivity index (χ3v) is 3.23. The molecule has 0 fully saturated rings. The third-order valence-electron chi connectivity index (χ3n) is 3.23. The number of rotatable bonds is 2. The Kier molecular flexibility index (Phi) is 6.59. The highest BCUT2D eigenvalue weighted by molar-refractivity contribution is 6.06. The number of fused-ring (bicyclic) bond motifs is 1. The average molecular weight is 382 g/mol. The van der Waals surface area contributed by atoms with Crippen LogP contribution >= 0.6 is 0 Å². The zero-order chi connectivity index (χ0) is 20.3. The molecule has 0 aliphatic carbocycles. The molecule has 0 radical (unpaired) electrons. The lowest BCUT2D eigenvalue weighted by molar-refractivity contribution is -0.142. The van der Waals surface area contributed by atoms with Gasteiger partial charge in [-0.3, -0.25) is 9.63 Å². The molecule has 144 valence electrons. The van der Waals surface area contributed by atoms with Crippen LogP contribution in [0.1, 0.15) is 35.5 Å². The Morgan fingerprint density at radius 1 is 1.08 bits per heavy atom. The summed E-state index contributed by atoms with van der Waals surface area (Å²) < 4.78 is 78.1. The van der Waals surface area contributed by atoms with E-state index < -0.39 is 40.6 Å². The van der Waals surface area contributed by atoms with Gasteiger partial charge < -0.3 is 0 Å². The summed E-state index contributed by atoms with van der Waals surface area (Å²) in [6.07, 6.45) is -9.95. The van der Waals surface area contributed by atoms with Crippen molar-refractivity contribution in [2.75, 3.05) is 14.2 Å². The minimum absolute atomic E-state index is 0.355. The number of carbonyl (C=O) groups is 1. The summed E-state index contributed by atoms with van der Waals surface area (Å²) in [5.41, 5.74) is -4.50.